The van der Waals surface area contributed by atoms with Gasteiger partial charge in [-0.15, -0.1) is 0 Å². The van der Waals surface area contributed by atoms with Crippen LogP contribution in [0.15, 0.2) is 35.0 Å². The van der Waals surface area contributed by atoms with Gasteiger partial charge < -0.3 is 20.2 Å². The number of nitrogen functional groups attached to an aromatic ring is 1. The predicted octanol–water partition coefficient (Wildman–Crippen LogP) is 3.01. The third-order valence-corrected chi connectivity index (χ3v) is 3.14. The van der Waals surface area contributed by atoms with Gasteiger partial charge >= 0.3 is 0 Å². The van der Waals surface area contributed by atoms with Crippen molar-refractivity contribution in [1.29, 1.82) is 0 Å². The monoisotopic (exact) mass is 334 g/mol. The minimum atomic E-state index is 0.103. The molecule has 23 heavy (non-hydrogen) atoms. The molecular formula is C15H15ClN4O3. The molecule has 7 nitrogen and oxygen atoms in total. The molecule has 0 aliphatic carbocycles. The van der Waals surface area contributed by atoms with Gasteiger partial charge in [0.2, 0.25) is 5.88 Å². The van der Waals surface area contributed by atoms with Gasteiger partial charge in [-0.25, -0.2) is 9.97 Å². The van der Waals surface area contributed by atoms with E-state index in [9.17, 15) is 4.79 Å². The van der Waals surface area contributed by atoms with Crippen molar-refractivity contribution in [2.24, 2.45) is 0 Å². The van der Waals surface area contributed by atoms with E-state index in [0.717, 1.165) is 5.82 Å². The van der Waals surface area contributed by atoms with Crippen molar-refractivity contribution in [2.75, 3.05) is 25.2 Å². The summed E-state index contributed by atoms with van der Waals surface area (Å²) in [6.07, 6.45) is 3.70. The average Bonchev–Trinajstić information content (AvgIpc) is 2.92. The summed E-state index contributed by atoms with van der Waals surface area (Å²) >= 11 is 5.58. The molecule has 0 aromatic carbocycles. The predicted molar refractivity (Wildman–Crippen MR) is 89.2 cm³/mol. The Balaban J connectivity index is 0.000000185. The number of carbonyl (C=O) groups excluding carboxylic acids is 1. The maximum Gasteiger partial charge on any atom is 0.226 e. The molecular weight excluding hydrogens is 320 g/mol. The number of nitrogens with one attached hydrogen (secondary N) is 1. The van der Waals surface area contributed by atoms with Crippen LogP contribution in [0.4, 0.5) is 11.5 Å². The molecule has 0 atom stereocenters. The Hall–Kier alpha value is -2.80. The SMILES string of the molecule is CNc1ccc(Cl)cn1.COc1nccc2oc(C=O)c(N)c12. The Bertz CT molecular complexity index is 802. The number of fused-ring (bicyclic) bond motifs is 1. The zero-order chi connectivity index (χ0) is 16.8. The molecule has 0 radical (unpaired) electrons. The van der Waals surface area contributed by atoms with Crippen LogP contribution in [-0.4, -0.2) is 30.4 Å². The van der Waals surface area contributed by atoms with E-state index < -0.39 is 0 Å². The lowest BCUT2D eigenvalue weighted by Gasteiger charge is -1.98. The number of hydrogen-bond acceptors (Lipinski definition) is 7. The molecule has 0 aliphatic rings. The molecule has 0 aliphatic heterocycles. The van der Waals surface area contributed by atoms with Gasteiger partial charge in [0.25, 0.3) is 0 Å². The van der Waals surface area contributed by atoms with Gasteiger partial charge in [0, 0.05) is 25.5 Å². The second-order valence-corrected chi connectivity index (χ2v) is 4.74. The normalized spacial score (nSPS) is 9.87. The summed E-state index contributed by atoms with van der Waals surface area (Å²) in [5.74, 6) is 1.29. The van der Waals surface area contributed by atoms with Crippen LogP contribution in [0.2, 0.25) is 5.02 Å². The molecule has 0 fully saturated rings. The number of halogens is 1. The van der Waals surface area contributed by atoms with Gasteiger partial charge in [0.05, 0.1) is 17.8 Å². The number of furan rings is 1. The number of ether oxygens (including phenoxy) is 1. The van der Waals surface area contributed by atoms with Gasteiger partial charge in [0.15, 0.2) is 12.0 Å². The van der Waals surface area contributed by atoms with E-state index >= 15 is 0 Å². The Morgan fingerprint density at radius 2 is 2.13 bits per heavy atom. The summed E-state index contributed by atoms with van der Waals surface area (Å²) in [6, 6.07) is 5.24. The molecule has 3 aromatic rings. The smallest absolute Gasteiger partial charge is 0.226 e. The van der Waals surface area contributed by atoms with Gasteiger partial charge in [-0.05, 0) is 12.1 Å². The Kier molecular flexibility index (Phi) is 5.37. The summed E-state index contributed by atoms with van der Waals surface area (Å²) in [4.78, 5) is 18.5. The lowest BCUT2D eigenvalue weighted by molar-refractivity contribution is 0.110. The number of anilines is 2. The highest BCUT2D eigenvalue weighted by atomic mass is 35.5. The van der Waals surface area contributed by atoms with E-state index in [-0.39, 0.29) is 11.4 Å². The first kappa shape index (κ1) is 16.6. The van der Waals surface area contributed by atoms with Crippen molar-refractivity contribution in [3.05, 3.63) is 41.4 Å². The van der Waals surface area contributed by atoms with Crippen LogP contribution < -0.4 is 15.8 Å². The quantitative estimate of drug-likeness (QED) is 0.709. The van der Waals surface area contributed by atoms with Gasteiger partial charge in [-0.1, -0.05) is 11.6 Å². The minimum absolute atomic E-state index is 0.103. The van der Waals surface area contributed by atoms with Crippen LogP contribution in [0.3, 0.4) is 0 Å². The Morgan fingerprint density at radius 1 is 1.35 bits per heavy atom. The van der Waals surface area contributed by atoms with Crippen molar-refractivity contribution < 1.29 is 13.9 Å². The van der Waals surface area contributed by atoms with Crippen molar-refractivity contribution in [2.45, 2.75) is 0 Å². The average molecular weight is 335 g/mol. The van der Waals surface area contributed by atoms with Crippen molar-refractivity contribution in [1.82, 2.24) is 9.97 Å². The number of pyridine rings is 2. The van der Waals surface area contributed by atoms with E-state index in [2.05, 4.69) is 15.3 Å². The number of hydrogen-bond donors (Lipinski definition) is 2. The Morgan fingerprint density at radius 3 is 2.70 bits per heavy atom. The molecule has 8 heteroatoms. The molecule has 0 saturated carbocycles. The van der Waals surface area contributed by atoms with Crippen LogP contribution in [0.25, 0.3) is 11.0 Å². The van der Waals surface area contributed by atoms with Crippen LogP contribution in [0.5, 0.6) is 5.88 Å². The number of nitrogens with two attached hydrogens (primary N) is 1. The fourth-order valence-corrected chi connectivity index (χ4v) is 1.93. The zero-order valence-electron chi connectivity index (χ0n) is 12.5. The summed E-state index contributed by atoms with van der Waals surface area (Å²) in [7, 11) is 3.30. The molecule has 0 spiro atoms. The highest BCUT2D eigenvalue weighted by Gasteiger charge is 2.15. The number of carbonyl (C=O) groups is 1. The molecule has 120 valence electrons. The van der Waals surface area contributed by atoms with E-state index in [1.807, 2.05) is 13.1 Å². The van der Waals surface area contributed by atoms with Crippen LogP contribution >= 0.6 is 11.6 Å². The number of nitrogens with zero attached hydrogens (tertiary/aromatic N) is 2. The molecule has 3 N–H and O–H groups in total. The largest absolute Gasteiger partial charge is 0.480 e. The second kappa shape index (κ2) is 7.46. The second-order valence-electron chi connectivity index (χ2n) is 4.30. The summed E-state index contributed by atoms with van der Waals surface area (Å²) in [6.45, 7) is 0. The van der Waals surface area contributed by atoms with E-state index in [1.165, 1.54) is 13.3 Å². The number of aromatic nitrogens is 2. The molecule has 3 heterocycles. The minimum Gasteiger partial charge on any atom is -0.480 e. The summed E-state index contributed by atoms with van der Waals surface area (Å²) in [5, 5.41) is 4.08. The van der Waals surface area contributed by atoms with Gasteiger partial charge in [-0.2, -0.15) is 0 Å². The maximum atomic E-state index is 10.6. The highest BCUT2D eigenvalue weighted by molar-refractivity contribution is 6.30. The molecule has 0 bridgehead atoms. The Labute approximate surface area is 137 Å². The van der Waals surface area contributed by atoms with Crippen molar-refractivity contribution in [3.63, 3.8) is 0 Å². The third-order valence-electron chi connectivity index (χ3n) is 2.92. The molecule has 0 unspecified atom stereocenters. The highest BCUT2D eigenvalue weighted by Crippen LogP contribution is 2.32. The van der Waals surface area contributed by atoms with Crippen LogP contribution in [-0.2, 0) is 0 Å². The standard InChI is InChI=1S/C9H8N2O3.C6H7ClN2/c1-13-9-7-5(2-3-11-9)14-6(4-12)8(7)10;1-8-6-3-2-5(7)4-9-6/h2-4H,10H2,1H3;2-4H,1H3,(H,8,9). The lowest BCUT2D eigenvalue weighted by Crippen LogP contribution is -1.91. The summed E-state index contributed by atoms with van der Waals surface area (Å²) in [5.41, 5.74) is 6.44. The van der Waals surface area contributed by atoms with Crippen molar-refractivity contribution in [3.8, 4) is 5.88 Å². The van der Waals surface area contributed by atoms with Gasteiger partial charge in [-0.3, -0.25) is 4.79 Å². The van der Waals surface area contributed by atoms with Crippen LogP contribution in [0.1, 0.15) is 10.6 Å². The fourth-order valence-electron chi connectivity index (χ4n) is 1.82. The first-order valence-corrected chi connectivity index (χ1v) is 6.94. The molecule has 3 aromatic heterocycles. The van der Waals surface area contributed by atoms with E-state index in [4.69, 9.17) is 26.5 Å². The number of rotatable bonds is 3. The molecule has 3 rings (SSSR count). The third kappa shape index (κ3) is 3.70. The summed E-state index contributed by atoms with van der Waals surface area (Å²) < 4.78 is 10.2. The zero-order valence-corrected chi connectivity index (χ0v) is 13.3. The maximum absolute atomic E-state index is 10.6. The molecule has 0 amide bonds. The van der Waals surface area contributed by atoms with Crippen LogP contribution in [0, 0.1) is 0 Å². The van der Waals surface area contributed by atoms with E-state index in [0.29, 0.717) is 28.2 Å². The first-order valence-electron chi connectivity index (χ1n) is 6.56. The number of aldehydes is 1. The van der Waals surface area contributed by atoms with Crippen molar-refractivity contribution >= 4 is 40.4 Å². The lowest BCUT2D eigenvalue weighted by atomic mass is 10.2. The van der Waals surface area contributed by atoms with Gasteiger partial charge in [0.1, 0.15) is 16.8 Å². The first-order chi connectivity index (χ1) is 11.1. The number of methoxy groups -OCH3 is 1. The molecule has 0 saturated heterocycles. The topological polar surface area (TPSA) is 103 Å². The van der Waals surface area contributed by atoms with E-state index in [1.54, 1.807) is 18.3 Å². The fraction of sp³-hybridized carbons (Fsp3) is 0.133.